The van der Waals surface area contributed by atoms with Crippen LogP contribution < -0.4 is 15.4 Å². The molecular weight excluding hydrogens is 376 g/mol. The molecule has 3 rings (SSSR count). The smallest absolute Gasteiger partial charge is 0.192 e. The highest BCUT2D eigenvalue weighted by molar-refractivity contribution is 5.79. The minimum atomic E-state index is 0.540. The number of ether oxygens (including phenoxy) is 1. The number of rotatable bonds is 7. The Balaban J connectivity index is 1.71. The third-order valence-corrected chi connectivity index (χ3v) is 5.12. The molecule has 0 aliphatic rings. The summed E-state index contributed by atoms with van der Waals surface area (Å²) in [4.78, 5) is 4.76. The number of hydrogen-bond donors (Lipinski definition) is 2. The third kappa shape index (κ3) is 5.59. The third-order valence-electron chi connectivity index (χ3n) is 5.12. The first kappa shape index (κ1) is 21.4. The molecule has 0 aliphatic heterocycles. The van der Waals surface area contributed by atoms with Crippen LogP contribution in [-0.4, -0.2) is 27.8 Å². The molecule has 0 saturated heterocycles. The van der Waals surface area contributed by atoms with Gasteiger partial charge in [-0.3, -0.25) is 0 Å². The Hall–Kier alpha value is -3.35. The van der Waals surface area contributed by atoms with Gasteiger partial charge in [0.15, 0.2) is 11.8 Å². The van der Waals surface area contributed by atoms with Crippen molar-refractivity contribution in [3.8, 4) is 5.75 Å². The van der Waals surface area contributed by atoms with Crippen molar-refractivity contribution >= 4 is 5.96 Å². The summed E-state index contributed by atoms with van der Waals surface area (Å²) in [6, 6.07) is 14.4. The summed E-state index contributed by atoms with van der Waals surface area (Å²) in [6.07, 6.45) is 0. The fourth-order valence-corrected chi connectivity index (χ4v) is 3.07. The van der Waals surface area contributed by atoms with E-state index in [0.29, 0.717) is 19.6 Å². The van der Waals surface area contributed by atoms with Crippen molar-refractivity contribution in [2.45, 2.75) is 40.4 Å². The Morgan fingerprint density at radius 2 is 1.73 bits per heavy atom. The number of aliphatic imine (C=N–C) groups is 1. The molecule has 7 heteroatoms. The SMILES string of the molecule is COc1ccc(CN=C(NCc2ccc(C)cc2C)NCc2nnc(C)n2C)cc1. The molecule has 2 aromatic carbocycles. The second-order valence-electron chi connectivity index (χ2n) is 7.37. The summed E-state index contributed by atoms with van der Waals surface area (Å²) in [5, 5.41) is 15.2. The largest absolute Gasteiger partial charge is 0.497 e. The van der Waals surface area contributed by atoms with Gasteiger partial charge in [-0.1, -0.05) is 35.9 Å². The average Bonchev–Trinajstić information content (AvgIpc) is 3.06. The number of methoxy groups -OCH3 is 1. The van der Waals surface area contributed by atoms with E-state index >= 15 is 0 Å². The van der Waals surface area contributed by atoms with Crippen molar-refractivity contribution in [1.29, 1.82) is 0 Å². The molecule has 0 spiro atoms. The molecule has 0 radical (unpaired) electrons. The molecule has 0 bridgehead atoms. The van der Waals surface area contributed by atoms with Crippen molar-refractivity contribution < 1.29 is 4.74 Å². The lowest BCUT2D eigenvalue weighted by Gasteiger charge is -2.14. The zero-order valence-corrected chi connectivity index (χ0v) is 18.4. The first-order valence-electron chi connectivity index (χ1n) is 10.0. The van der Waals surface area contributed by atoms with Crippen LogP contribution in [0, 0.1) is 20.8 Å². The topological polar surface area (TPSA) is 76.4 Å². The van der Waals surface area contributed by atoms with Crippen molar-refractivity contribution in [3.63, 3.8) is 0 Å². The number of guanidine groups is 1. The lowest BCUT2D eigenvalue weighted by molar-refractivity contribution is 0.414. The number of hydrogen-bond acceptors (Lipinski definition) is 4. The molecule has 0 unspecified atom stereocenters. The van der Waals surface area contributed by atoms with Crippen LogP contribution in [0.15, 0.2) is 47.5 Å². The van der Waals surface area contributed by atoms with Crippen LogP contribution in [0.5, 0.6) is 5.75 Å². The predicted molar refractivity (Wildman–Crippen MR) is 119 cm³/mol. The van der Waals surface area contributed by atoms with E-state index in [0.717, 1.165) is 28.9 Å². The minimum absolute atomic E-state index is 0.540. The molecule has 0 aliphatic carbocycles. The van der Waals surface area contributed by atoms with Gasteiger partial charge in [-0.05, 0) is 49.6 Å². The van der Waals surface area contributed by atoms with Gasteiger partial charge in [-0.15, -0.1) is 10.2 Å². The van der Waals surface area contributed by atoms with Crippen LogP contribution >= 0.6 is 0 Å². The Bertz CT molecular complexity index is 1010. The molecular formula is C23H30N6O. The molecule has 0 atom stereocenters. The molecule has 0 amide bonds. The van der Waals surface area contributed by atoms with Gasteiger partial charge in [0, 0.05) is 13.6 Å². The zero-order valence-electron chi connectivity index (χ0n) is 18.4. The van der Waals surface area contributed by atoms with Gasteiger partial charge in [-0.25, -0.2) is 4.99 Å². The fraction of sp³-hybridized carbons (Fsp3) is 0.348. The Morgan fingerprint density at radius 3 is 2.37 bits per heavy atom. The molecule has 0 saturated carbocycles. The summed E-state index contributed by atoms with van der Waals surface area (Å²) >= 11 is 0. The summed E-state index contributed by atoms with van der Waals surface area (Å²) in [5.41, 5.74) is 4.88. The van der Waals surface area contributed by atoms with E-state index in [9.17, 15) is 0 Å². The highest BCUT2D eigenvalue weighted by Crippen LogP contribution is 2.12. The quantitative estimate of drug-likeness (QED) is 0.466. The first-order valence-corrected chi connectivity index (χ1v) is 10.0. The summed E-state index contributed by atoms with van der Waals surface area (Å²) in [6.45, 7) is 7.97. The maximum absolute atomic E-state index is 5.23. The van der Waals surface area contributed by atoms with E-state index in [1.165, 1.54) is 16.7 Å². The van der Waals surface area contributed by atoms with Crippen molar-refractivity contribution in [2.75, 3.05) is 7.11 Å². The normalized spacial score (nSPS) is 11.4. The second kappa shape index (κ2) is 9.91. The van der Waals surface area contributed by atoms with Gasteiger partial charge >= 0.3 is 0 Å². The number of aryl methyl sites for hydroxylation is 3. The predicted octanol–water partition coefficient (Wildman–Crippen LogP) is 3.18. The molecule has 2 N–H and O–H groups in total. The molecule has 7 nitrogen and oxygen atoms in total. The van der Waals surface area contributed by atoms with Crippen molar-refractivity contribution in [1.82, 2.24) is 25.4 Å². The van der Waals surface area contributed by atoms with Gasteiger partial charge in [0.05, 0.1) is 20.2 Å². The Labute approximate surface area is 178 Å². The van der Waals surface area contributed by atoms with Crippen LogP contribution in [0.25, 0.3) is 0 Å². The van der Waals surface area contributed by atoms with Crippen LogP contribution in [0.3, 0.4) is 0 Å². The monoisotopic (exact) mass is 406 g/mol. The number of aromatic nitrogens is 3. The van der Waals surface area contributed by atoms with Crippen molar-refractivity contribution in [3.05, 3.63) is 76.4 Å². The lowest BCUT2D eigenvalue weighted by Crippen LogP contribution is -2.37. The molecule has 3 aromatic rings. The van der Waals surface area contributed by atoms with Crippen LogP contribution in [0.4, 0.5) is 0 Å². The van der Waals surface area contributed by atoms with E-state index in [1.807, 2.05) is 42.8 Å². The molecule has 0 fully saturated rings. The lowest BCUT2D eigenvalue weighted by atomic mass is 10.1. The van der Waals surface area contributed by atoms with Gasteiger partial charge in [-0.2, -0.15) is 0 Å². The van der Waals surface area contributed by atoms with Gasteiger partial charge in [0.25, 0.3) is 0 Å². The summed E-state index contributed by atoms with van der Waals surface area (Å²) in [7, 11) is 3.63. The van der Waals surface area contributed by atoms with E-state index in [2.05, 4.69) is 52.9 Å². The maximum Gasteiger partial charge on any atom is 0.192 e. The Kier molecular flexibility index (Phi) is 7.06. The summed E-state index contributed by atoms with van der Waals surface area (Å²) in [5.74, 6) is 3.31. The van der Waals surface area contributed by atoms with Crippen LogP contribution in [-0.2, 0) is 26.7 Å². The van der Waals surface area contributed by atoms with E-state index in [4.69, 9.17) is 9.73 Å². The highest BCUT2D eigenvalue weighted by atomic mass is 16.5. The van der Waals surface area contributed by atoms with Gasteiger partial charge in [0.2, 0.25) is 0 Å². The van der Waals surface area contributed by atoms with Gasteiger partial charge in [0.1, 0.15) is 11.6 Å². The second-order valence-corrected chi connectivity index (χ2v) is 7.37. The minimum Gasteiger partial charge on any atom is -0.497 e. The zero-order chi connectivity index (χ0) is 21.5. The fourth-order valence-electron chi connectivity index (χ4n) is 3.07. The number of nitrogens with one attached hydrogen (secondary N) is 2. The standard InChI is InChI=1S/C23H30N6O/c1-16-6-9-20(17(2)12-16)14-25-23(26-15-22-28-27-18(3)29(22)4)24-13-19-7-10-21(30-5)11-8-19/h6-12H,13-15H2,1-5H3,(H2,24,25,26). The van der Waals surface area contributed by atoms with E-state index in [1.54, 1.807) is 7.11 Å². The van der Waals surface area contributed by atoms with E-state index in [-0.39, 0.29) is 0 Å². The van der Waals surface area contributed by atoms with Crippen LogP contribution in [0.1, 0.15) is 33.9 Å². The number of nitrogens with zero attached hydrogens (tertiary/aromatic N) is 4. The molecule has 30 heavy (non-hydrogen) atoms. The van der Waals surface area contributed by atoms with Crippen LogP contribution in [0.2, 0.25) is 0 Å². The van der Waals surface area contributed by atoms with Crippen molar-refractivity contribution in [2.24, 2.45) is 12.0 Å². The van der Waals surface area contributed by atoms with E-state index < -0.39 is 0 Å². The molecule has 158 valence electrons. The van der Waals surface area contributed by atoms with Gasteiger partial charge < -0.3 is 19.9 Å². The Morgan fingerprint density at radius 1 is 1.00 bits per heavy atom. The highest BCUT2D eigenvalue weighted by Gasteiger charge is 2.07. The number of benzene rings is 2. The molecule has 1 aromatic heterocycles. The maximum atomic E-state index is 5.23. The average molecular weight is 407 g/mol. The first-order chi connectivity index (χ1) is 14.5. The molecule has 1 heterocycles. The summed E-state index contributed by atoms with van der Waals surface area (Å²) < 4.78 is 7.20.